The van der Waals surface area contributed by atoms with Crippen molar-refractivity contribution in [3.63, 3.8) is 0 Å². The molecule has 0 aliphatic carbocycles. The van der Waals surface area contributed by atoms with Gasteiger partial charge < -0.3 is 0 Å². The largest absolute Gasteiger partial charge is 0.584 e. The highest BCUT2D eigenvalue weighted by Crippen LogP contribution is 2.00. The van der Waals surface area contributed by atoms with E-state index in [1.54, 1.807) is 13.8 Å². The number of rotatable bonds is 8. The molecule has 0 aromatic heterocycles. The van der Waals surface area contributed by atoms with E-state index < -0.39 is 12.3 Å². The minimum atomic E-state index is -1.48. The van der Waals surface area contributed by atoms with E-state index in [4.69, 9.17) is 0 Å². The Hall–Kier alpha value is -1.62. The van der Waals surface area contributed by atoms with E-state index >= 15 is 0 Å². The van der Waals surface area contributed by atoms with Gasteiger partial charge in [-0.15, -0.1) is 0 Å². The summed E-state index contributed by atoms with van der Waals surface area (Å²) in [6.07, 6.45) is -2.27. The lowest BCUT2D eigenvalue weighted by Gasteiger charge is -2.07. The van der Waals surface area contributed by atoms with Crippen LogP contribution in [0.5, 0.6) is 0 Å². The van der Waals surface area contributed by atoms with Gasteiger partial charge in [0.05, 0.1) is 12.2 Å². The van der Waals surface area contributed by atoms with Crippen molar-refractivity contribution in [2.45, 2.75) is 52.7 Å². The third kappa shape index (κ3) is 10.3. The van der Waals surface area contributed by atoms with Gasteiger partial charge >= 0.3 is 12.3 Å². The van der Waals surface area contributed by atoms with Crippen molar-refractivity contribution >= 4 is 12.3 Å². The first kappa shape index (κ1) is 18.4. The fraction of sp³-hybridized carbons (Fsp3) is 0.800. The van der Waals surface area contributed by atoms with E-state index in [2.05, 4.69) is 39.4 Å². The van der Waals surface area contributed by atoms with Crippen LogP contribution in [0.15, 0.2) is 0 Å². The summed E-state index contributed by atoms with van der Waals surface area (Å²) in [5.41, 5.74) is 0. The van der Waals surface area contributed by atoms with Crippen LogP contribution in [0.3, 0.4) is 0 Å². The number of hydrogen-bond donors (Lipinski definition) is 0. The highest BCUT2D eigenvalue weighted by atomic mass is 17.5. The summed E-state index contributed by atoms with van der Waals surface area (Å²) in [6, 6.07) is 0. The van der Waals surface area contributed by atoms with Crippen LogP contribution in [0.4, 0.5) is 9.59 Å². The predicted octanol–water partition coefficient (Wildman–Crippen LogP) is 2.53. The molecule has 10 heteroatoms. The zero-order chi connectivity index (χ0) is 15.4. The molecule has 0 aliphatic heterocycles. The van der Waals surface area contributed by atoms with Crippen LogP contribution in [0.1, 0.15) is 40.5 Å². The molecule has 0 aromatic carbocycles. The topological polar surface area (TPSA) is 108 Å². The molecular weight excluding hydrogens is 280 g/mol. The summed E-state index contributed by atoms with van der Waals surface area (Å²) in [4.78, 5) is 46.2. The number of carbonyl (C=O) groups is 2. The second kappa shape index (κ2) is 11.2. The molecule has 0 spiro atoms. The van der Waals surface area contributed by atoms with Crippen molar-refractivity contribution < 1.29 is 49.0 Å². The SMILES string of the molecule is CCC(C)OOOC(=O)OOC(=O)OOOC(C)CC. The first-order valence-corrected chi connectivity index (χ1v) is 5.91. The molecule has 0 amide bonds. The maximum absolute atomic E-state index is 10.8. The first-order chi connectivity index (χ1) is 9.49. The quantitative estimate of drug-likeness (QED) is 0.489. The Labute approximate surface area is 115 Å². The van der Waals surface area contributed by atoms with E-state index in [0.29, 0.717) is 12.8 Å². The van der Waals surface area contributed by atoms with Crippen molar-refractivity contribution in [1.29, 1.82) is 0 Å². The van der Waals surface area contributed by atoms with Gasteiger partial charge in [0.25, 0.3) is 0 Å². The van der Waals surface area contributed by atoms with Crippen molar-refractivity contribution in [2.75, 3.05) is 0 Å². The molecule has 118 valence electrons. The Balaban J connectivity index is 3.56. The van der Waals surface area contributed by atoms with Gasteiger partial charge in [0.15, 0.2) is 0 Å². The summed E-state index contributed by atoms with van der Waals surface area (Å²) in [6.45, 7) is 7.01. The van der Waals surface area contributed by atoms with Gasteiger partial charge in [-0.05, 0) is 36.8 Å². The smallest absolute Gasteiger partial charge is 0.226 e. The Kier molecular flexibility index (Phi) is 10.3. The Morgan fingerprint density at radius 2 is 1.10 bits per heavy atom. The molecule has 0 fully saturated rings. The molecule has 0 saturated carbocycles. The van der Waals surface area contributed by atoms with Crippen molar-refractivity contribution in [2.24, 2.45) is 0 Å². The van der Waals surface area contributed by atoms with Crippen LogP contribution < -0.4 is 0 Å². The average molecular weight is 298 g/mol. The number of carbonyl (C=O) groups excluding carboxylic acids is 2. The van der Waals surface area contributed by atoms with Gasteiger partial charge in [0.1, 0.15) is 0 Å². The second-order valence-corrected chi connectivity index (χ2v) is 3.60. The van der Waals surface area contributed by atoms with E-state index in [9.17, 15) is 9.59 Å². The molecule has 0 rings (SSSR count). The van der Waals surface area contributed by atoms with E-state index in [1.807, 2.05) is 13.8 Å². The maximum atomic E-state index is 10.8. The molecule has 0 N–H and O–H groups in total. The highest BCUT2D eigenvalue weighted by Gasteiger charge is 2.16. The number of hydrogen-bond acceptors (Lipinski definition) is 10. The molecule has 20 heavy (non-hydrogen) atoms. The summed E-state index contributed by atoms with van der Waals surface area (Å²) in [7, 11) is 0. The Morgan fingerprint density at radius 1 is 0.750 bits per heavy atom. The molecule has 0 heterocycles. The second-order valence-electron chi connectivity index (χ2n) is 3.60. The van der Waals surface area contributed by atoms with Gasteiger partial charge in [-0.3, -0.25) is 0 Å². The lowest BCUT2D eigenvalue weighted by Crippen LogP contribution is -2.17. The van der Waals surface area contributed by atoms with Crippen LogP contribution in [-0.2, 0) is 39.4 Å². The van der Waals surface area contributed by atoms with Crippen molar-refractivity contribution in [3.05, 3.63) is 0 Å². The average Bonchev–Trinajstić information content (AvgIpc) is 2.44. The van der Waals surface area contributed by atoms with Gasteiger partial charge in [-0.2, -0.15) is 29.1 Å². The third-order valence-electron chi connectivity index (χ3n) is 1.94. The van der Waals surface area contributed by atoms with Crippen molar-refractivity contribution in [3.8, 4) is 0 Å². The van der Waals surface area contributed by atoms with E-state index in [1.165, 1.54) is 0 Å². The Morgan fingerprint density at radius 3 is 1.40 bits per heavy atom. The minimum Gasteiger partial charge on any atom is -0.226 e. The normalized spacial score (nSPS) is 13.2. The Bertz CT molecular complexity index is 253. The van der Waals surface area contributed by atoms with E-state index in [0.717, 1.165) is 0 Å². The predicted molar refractivity (Wildman–Crippen MR) is 59.0 cm³/mol. The summed E-state index contributed by atoms with van der Waals surface area (Å²) < 4.78 is 0. The molecule has 10 nitrogen and oxygen atoms in total. The lowest BCUT2D eigenvalue weighted by atomic mass is 10.3. The van der Waals surface area contributed by atoms with Gasteiger partial charge in [-0.1, -0.05) is 13.8 Å². The molecule has 0 radical (unpaired) electrons. The molecule has 0 saturated heterocycles. The van der Waals surface area contributed by atoms with Crippen LogP contribution in [-0.4, -0.2) is 24.5 Å². The van der Waals surface area contributed by atoms with Gasteiger partial charge in [-0.25, -0.2) is 9.78 Å². The van der Waals surface area contributed by atoms with Crippen LogP contribution in [0.2, 0.25) is 0 Å². The molecule has 0 bridgehead atoms. The third-order valence-corrected chi connectivity index (χ3v) is 1.94. The fourth-order valence-electron chi connectivity index (χ4n) is 0.461. The van der Waals surface area contributed by atoms with Gasteiger partial charge in [0, 0.05) is 0 Å². The zero-order valence-corrected chi connectivity index (χ0v) is 11.7. The molecule has 2 atom stereocenters. The summed E-state index contributed by atoms with van der Waals surface area (Å²) in [5, 5.41) is 8.09. The monoisotopic (exact) mass is 298 g/mol. The minimum absolute atomic E-state index is 0.292. The van der Waals surface area contributed by atoms with Crippen LogP contribution in [0.25, 0.3) is 0 Å². The molecular formula is C10H18O10. The maximum Gasteiger partial charge on any atom is 0.584 e. The molecule has 0 aliphatic rings. The molecule has 0 aromatic rings. The van der Waals surface area contributed by atoms with E-state index in [-0.39, 0.29) is 12.2 Å². The highest BCUT2D eigenvalue weighted by molar-refractivity contribution is 5.62. The molecule has 2 unspecified atom stereocenters. The van der Waals surface area contributed by atoms with Gasteiger partial charge in [0.2, 0.25) is 0 Å². The first-order valence-electron chi connectivity index (χ1n) is 5.91. The van der Waals surface area contributed by atoms with Crippen molar-refractivity contribution in [1.82, 2.24) is 0 Å². The zero-order valence-electron chi connectivity index (χ0n) is 11.7. The summed E-state index contributed by atoms with van der Waals surface area (Å²) in [5.74, 6) is 0. The lowest BCUT2D eigenvalue weighted by molar-refractivity contribution is -0.514. The fourth-order valence-corrected chi connectivity index (χ4v) is 0.461. The van der Waals surface area contributed by atoms with Crippen LogP contribution in [0, 0.1) is 0 Å². The standard InChI is InChI=1S/C10H18O10/c1-5-7(3)13-19-17-9(11)15-16-10(12)18-20-14-8(4)6-2/h7-8H,5-6H2,1-4H3. The van der Waals surface area contributed by atoms with Crippen LogP contribution >= 0.6 is 0 Å². The summed E-state index contributed by atoms with van der Waals surface area (Å²) >= 11 is 0.